The lowest BCUT2D eigenvalue weighted by Crippen LogP contribution is -2.50. The monoisotopic (exact) mass is 429 g/mol. The first-order valence-corrected chi connectivity index (χ1v) is 11.7. The van der Waals surface area contributed by atoms with E-state index in [0.717, 1.165) is 81.5 Å². The Morgan fingerprint density at radius 1 is 1.23 bits per heavy atom. The van der Waals surface area contributed by atoms with Crippen molar-refractivity contribution in [1.29, 1.82) is 0 Å². The second-order valence-corrected chi connectivity index (χ2v) is 9.36. The largest absolute Gasteiger partial charge is 0.450 e. The number of anilines is 2. The fourth-order valence-electron chi connectivity index (χ4n) is 5.56. The first-order valence-electron chi connectivity index (χ1n) is 11.7. The number of aliphatic hydroxyl groups excluding tert-OH is 1. The number of nitrogens with one attached hydrogen (secondary N) is 1. The topological polar surface area (TPSA) is 82.1 Å². The molecule has 1 saturated carbocycles. The van der Waals surface area contributed by atoms with Crippen molar-refractivity contribution in [3.05, 3.63) is 23.8 Å². The van der Waals surface area contributed by atoms with Crippen molar-refractivity contribution in [1.82, 2.24) is 4.90 Å². The summed E-state index contributed by atoms with van der Waals surface area (Å²) >= 11 is 0. The van der Waals surface area contributed by atoms with Crippen LogP contribution in [-0.2, 0) is 9.53 Å². The number of piperidine rings is 1. The summed E-state index contributed by atoms with van der Waals surface area (Å²) in [7, 11) is 0. The number of aliphatic hydroxyl groups is 1. The van der Waals surface area contributed by atoms with Crippen LogP contribution in [0.4, 0.5) is 16.2 Å². The third-order valence-electron chi connectivity index (χ3n) is 7.32. The Hall–Kier alpha value is -2.28. The van der Waals surface area contributed by atoms with E-state index < -0.39 is 6.09 Å². The molecule has 4 rings (SSSR count). The Morgan fingerprint density at radius 3 is 2.71 bits per heavy atom. The minimum atomic E-state index is -0.442. The molecule has 1 atom stereocenters. The highest BCUT2D eigenvalue weighted by molar-refractivity contribution is 5.87. The van der Waals surface area contributed by atoms with E-state index in [1.807, 2.05) is 19.1 Å². The van der Waals surface area contributed by atoms with Gasteiger partial charge in [-0.05, 0) is 82.6 Å². The number of benzene rings is 1. The van der Waals surface area contributed by atoms with Crippen molar-refractivity contribution in [2.24, 2.45) is 5.41 Å². The number of rotatable bonds is 4. The van der Waals surface area contributed by atoms with Gasteiger partial charge in [-0.25, -0.2) is 4.79 Å². The summed E-state index contributed by atoms with van der Waals surface area (Å²) in [5.41, 5.74) is 2.53. The SMILES string of the molecule is CCOC(=O)Nc1ccc(N2CCC[C@@]3(CCN(C4CCC(O)CC4)C3=O)C2)cc1C. The van der Waals surface area contributed by atoms with Crippen molar-refractivity contribution >= 4 is 23.4 Å². The lowest BCUT2D eigenvalue weighted by atomic mass is 9.78. The number of aryl methyl sites for hydroxylation is 1. The van der Waals surface area contributed by atoms with Crippen molar-refractivity contribution in [3.63, 3.8) is 0 Å². The van der Waals surface area contributed by atoms with Crippen LogP contribution in [0.3, 0.4) is 0 Å². The van der Waals surface area contributed by atoms with E-state index >= 15 is 0 Å². The minimum Gasteiger partial charge on any atom is -0.450 e. The van der Waals surface area contributed by atoms with Crippen LogP contribution in [0.2, 0.25) is 0 Å². The first-order chi connectivity index (χ1) is 14.9. The quantitative estimate of drug-likeness (QED) is 0.763. The molecule has 2 aliphatic heterocycles. The summed E-state index contributed by atoms with van der Waals surface area (Å²) in [6.07, 6.45) is 5.68. The van der Waals surface area contributed by atoms with E-state index in [1.165, 1.54) is 0 Å². The average molecular weight is 430 g/mol. The van der Waals surface area contributed by atoms with E-state index in [4.69, 9.17) is 4.74 Å². The first kappa shape index (κ1) is 21.9. The molecular formula is C24H35N3O4. The van der Waals surface area contributed by atoms with Gasteiger partial charge in [0, 0.05) is 37.1 Å². The van der Waals surface area contributed by atoms with Crippen molar-refractivity contribution < 1.29 is 19.4 Å². The maximum Gasteiger partial charge on any atom is 0.411 e. The van der Waals surface area contributed by atoms with E-state index in [1.54, 1.807) is 6.92 Å². The van der Waals surface area contributed by atoms with Crippen LogP contribution in [0, 0.1) is 12.3 Å². The van der Waals surface area contributed by atoms with Crippen LogP contribution in [-0.4, -0.2) is 60.4 Å². The highest BCUT2D eigenvalue weighted by atomic mass is 16.5. The van der Waals surface area contributed by atoms with Gasteiger partial charge >= 0.3 is 6.09 Å². The van der Waals surface area contributed by atoms with Gasteiger partial charge in [-0.15, -0.1) is 0 Å². The number of hydrogen-bond donors (Lipinski definition) is 2. The second-order valence-electron chi connectivity index (χ2n) is 9.36. The van der Waals surface area contributed by atoms with Crippen LogP contribution in [0.5, 0.6) is 0 Å². The molecule has 3 aliphatic rings. The van der Waals surface area contributed by atoms with E-state index in [2.05, 4.69) is 21.2 Å². The van der Waals surface area contributed by atoms with E-state index in [-0.39, 0.29) is 11.5 Å². The van der Waals surface area contributed by atoms with Crippen LogP contribution >= 0.6 is 0 Å². The van der Waals surface area contributed by atoms with Gasteiger partial charge in [0.15, 0.2) is 0 Å². The molecule has 3 fully saturated rings. The zero-order valence-electron chi connectivity index (χ0n) is 18.7. The maximum atomic E-state index is 13.5. The Labute approximate surface area is 184 Å². The predicted molar refractivity (Wildman–Crippen MR) is 120 cm³/mol. The molecule has 0 radical (unpaired) electrons. The molecule has 2 N–H and O–H groups in total. The van der Waals surface area contributed by atoms with Gasteiger partial charge in [-0.1, -0.05) is 0 Å². The molecule has 0 bridgehead atoms. The molecule has 0 aromatic heterocycles. The number of carbonyl (C=O) groups is 2. The Kier molecular flexibility index (Phi) is 6.42. The van der Waals surface area contributed by atoms with Crippen molar-refractivity contribution in [3.8, 4) is 0 Å². The number of likely N-dealkylation sites (tertiary alicyclic amines) is 1. The number of hydrogen-bond acceptors (Lipinski definition) is 5. The number of nitrogens with zero attached hydrogens (tertiary/aromatic N) is 2. The van der Waals surface area contributed by atoms with Gasteiger partial charge in [0.1, 0.15) is 0 Å². The molecule has 1 aromatic rings. The summed E-state index contributed by atoms with van der Waals surface area (Å²) in [5.74, 6) is 0.316. The van der Waals surface area contributed by atoms with Gasteiger partial charge in [0.2, 0.25) is 5.91 Å². The van der Waals surface area contributed by atoms with E-state index in [0.29, 0.717) is 18.6 Å². The van der Waals surface area contributed by atoms with Gasteiger partial charge in [-0.2, -0.15) is 0 Å². The lowest BCUT2D eigenvalue weighted by Gasteiger charge is -2.41. The molecule has 1 aromatic carbocycles. The van der Waals surface area contributed by atoms with Crippen molar-refractivity contribution in [2.75, 3.05) is 36.5 Å². The second kappa shape index (κ2) is 9.07. The Bertz CT molecular complexity index is 821. The summed E-state index contributed by atoms with van der Waals surface area (Å²) in [6, 6.07) is 6.31. The zero-order chi connectivity index (χ0) is 22.0. The van der Waals surface area contributed by atoms with Gasteiger partial charge in [0.25, 0.3) is 0 Å². The molecule has 2 heterocycles. The molecule has 7 heteroatoms. The Balaban J connectivity index is 1.44. The average Bonchev–Trinajstić information content (AvgIpc) is 3.06. The fourth-order valence-corrected chi connectivity index (χ4v) is 5.56. The van der Waals surface area contributed by atoms with E-state index in [9.17, 15) is 14.7 Å². The molecule has 7 nitrogen and oxygen atoms in total. The van der Waals surface area contributed by atoms with Gasteiger partial charge in [-0.3, -0.25) is 10.1 Å². The summed E-state index contributed by atoms with van der Waals surface area (Å²) in [6.45, 7) is 6.63. The molecule has 2 saturated heterocycles. The third kappa shape index (κ3) is 4.52. The standard InChI is InChI=1S/C24H35N3O4/c1-3-31-23(30)25-21-10-7-19(15-17(21)2)26-13-4-11-24(16-26)12-14-27(22(24)29)18-5-8-20(28)9-6-18/h7,10,15,18,20,28H,3-6,8-9,11-14,16H2,1-2H3,(H,25,30)/t18?,20?,24-/m1/s1. The summed E-state index contributed by atoms with van der Waals surface area (Å²) in [5, 5.41) is 12.6. The third-order valence-corrected chi connectivity index (χ3v) is 7.32. The molecule has 1 aliphatic carbocycles. The molecule has 1 spiro atoms. The minimum absolute atomic E-state index is 0.197. The molecule has 170 valence electrons. The highest BCUT2D eigenvalue weighted by Crippen LogP contribution is 2.43. The summed E-state index contributed by atoms with van der Waals surface area (Å²) in [4.78, 5) is 29.7. The maximum absolute atomic E-state index is 13.5. The Morgan fingerprint density at radius 2 is 2.00 bits per heavy atom. The molecule has 31 heavy (non-hydrogen) atoms. The van der Waals surface area contributed by atoms with Crippen LogP contribution in [0.25, 0.3) is 0 Å². The van der Waals surface area contributed by atoms with Crippen molar-refractivity contribution in [2.45, 2.75) is 70.9 Å². The normalized spacial score (nSPS) is 28.8. The van der Waals surface area contributed by atoms with Crippen LogP contribution in [0.15, 0.2) is 18.2 Å². The smallest absolute Gasteiger partial charge is 0.411 e. The highest BCUT2D eigenvalue weighted by Gasteiger charge is 2.50. The molecule has 2 amide bonds. The molecule has 0 unspecified atom stereocenters. The fraction of sp³-hybridized carbons (Fsp3) is 0.667. The van der Waals surface area contributed by atoms with Gasteiger partial charge in [0.05, 0.1) is 18.1 Å². The number of amides is 2. The number of ether oxygens (including phenoxy) is 1. The van der Waals surface area contributed by atoms with Crippen LogP contribution in [0.1, 0.15) is 57.4 Å². The van der Waals surface area contributed by atoms with Crippen LogP contribution < -0.4 is 10.2 Å². The van der Waals surface area contributed by atoms with Gasteiger partial charge < -0.3 is 19.6 Å². The lowest BCUT2D eigenvalue weighted by molar-refractivity contribution is -0.139. The number of carbonyl (C=O) groups excluding carboxylic acids is 2. The predicted octanol–water partition coefficient (Wildman–Crippen LogP) is 3.69. The zero-order valence-corrected chi connectivity index (χ0v) is 18.7. The molecular weight excluding hydrogens is 394 g/mol. The summed E-state index contributed by atoms with van der Waals surface area (Å²) < 4.78 is 4.97.